The standard InChI is InChI=1S/C20H20F3NO3/c1-12-16-11-18(27-3)17(26-2)10-14(16)8-9-24(12)19(25)13-4-6-15(7-5-13)20(21,22)23/h4-7,10-12H,8-9H2,1-3H3/t12-/m0/s1. The van der Waals surface area contributed by atoms with Crippen molar-refractivity contribution in [2.45, 2.75) is 25.6 Å². The van der Waals surface area contributed by atoms with Gasteiger partial charge in [-0.15, -0.1) is 0 Å². The molecule has 3 rings (SSSR count). The quantitative estimate of drug-likeness (QED) is 0.789. The molecule has 1 amide bonds. The van der Waals surface area contributed by atoms with Gasteiger partial charge in [0.15, 0.2) is 11.5 Å². The lowest BCUT2D eigenvalue weighted by Crippen LogP contribution is -2.38. The lowest BCUT2D eigenvalue weighted by atomic mass is 9.92. The Morgan fingerprint density at radius 3 is 2.22 bits per heavy atom. The van der Waals surface area contributed by atoms with Crippen LogP contribution in [0.1, 0.15) is 40.0 Å². The van der Waals surface area contributed by atoms with Crippen LogP contribution in [0.15, 0.2) is 36.4 Å². The van der Waals surface area contributed by atoms with Crippen molar-refractivity contribution in [3.8, 4) is 11.5 Å². The van der Waals surface area contributed by atoms with Crippen LogP contribution in [0.3, 0.4) is 0 Å². The number of ether oxygens (including phenoxy) is 2. The van der Waals surface area contributed by atoms with Crippen LogP contribution in [0, 0.1) is 0 Å². The molecule has 4 nitrogen and oxygen atoms in total. The molecule has 2 aromatic rings. The van der Waals surface area contributed by atoms with Crippen LogP contribution in [0.4, 0.5) is 13.2 Å². The molecule has 27 heavy (non-hydrogen) atoms. The average molecular weight is 379 g/mol. The molecule has 0 radical (unpaired) electrons. The van der Waals surface area contributed by atoms with Gasteiger partial charge >= 0.3 is 6.18 Å². The number of hydrogen-bond acceptors (Lipinski definition) is 3. The predicted molar refractivity (Wildman–Crippen MR) is 94.1 cm³/mol. The van der Waals surface area contributed by atoms with Gasteiger partial charge in [0, 0.05) is 12.1 Å². The zero-order valence-electron chi connectivity index (χ0n) is 15.3. The van der Waals surface area contributed by atoms with E-state index in [1.54, 1.807) is 19.1 Å². The summed E-state index contributed by atoms with van der Waals surface area (Å²) in [5.41, 5.74) is 1.47. The second-order valence-corrected chi connectivity index (χ2v) is 6.41. The maximum atomic E-state index is 12.8. The minimum absolute atomic E-state index is 0.233. The Morgan fingerprint density at radius 2 is 1.67 bits per heavy atom. The number of fused-ring (bicyclic) bond motifs is 1. The summed E-state index contributed by atoms with van der Waals surface area (Å²) < 4.78 is 48.8. The summed E-state index contributed by atoms with van der Waals surface area (Å²) in [5.74, 6) is 0.912. The van der Waals surface area contributed by atoms with Crippen LogP contribution in [-0.2, 0) is 12.6 Å². The first-order valence-corrected chi connectivity index (χ1v) is 8.49. The van der Waals surface area contributed by atoms with E-state index in [1.165, 1.54) is 12.1 Å². The van der Waals surface area contributed by atoms with Crippen LogP contribution in [0.25, 0.3) is 0 Å². The third-order valence-corrected chi connectivity index (χ3v) is 4.91. The minimum atomic E-state index is -4.42. The van der Waals surface area contributed by atoms with Crippen molar-refractivity contribution in [2.75, 3.05) is 20.8 Å². The third kappa shape index (κ3) is 3.59. The number of halogens is 3. The minimum Gasteiger partial charge on any atom is -0.493 e. The van der Waals surface area contributed by atoms with Gasteiger partial charge in [-0.3, -0.25) is 4.79 Å². The van der Waals surface area contributed by atoms with E-state index in [9.17, 15) is 18.0 Å². The molecule has 0 aliphatic carbocycles. The fraction of sp³-hybridized carbons (Fsp3) is 0.350. The van der Waals surface area contributed by atoms with Crippen molar-refractivity contribution in [2.24, 2.45) is 0 Å². The monoisotopic (exact) mass is 379 g/mol. The van der Waals surface area contributed by atoms with E-state index in [1.807, 2.05) is 19.1 Å². The van der Waals surface area contributed by atoms with Crippen molar-refractivity contribution in [3.05, 3.63) is 58.7 Å². The molecule has 0 unspecified atom stereocenters. The highest BCUT2D eigenvalue weighted by atomic mass is 19.4. The second kappa shape index (κ2) is 7.13. The lowest BCUT2D eigenvalue weighted by molar-refractivity contribution is -0.137. The van der Waals surface area contributed by atoms with Gasteiger partial charge in [-0.25, -0.2) is 0 Å². The van der Waals surface area contributed by atoms with Gasteiger partial charge in [0.1, 0.15) is 0 Å². The molecule has 0 bridgehead atoms. The maximum absolute atomic E-state index is 12.8. The van der Waals surface area contributed by atoms with Gasteiger partial charge < -0.3 is 14.4 Å². The Bertz CT molecular complexity index is 847. The molecular weight excluding hydrogens is 359 g/mol. The summed E-state index contributed by atoms with van der Waals surface area (Å²) in [7, 11) is 3.11. The highest BCUT2D eigenvalue weighted by molar-refractivity contribution is 5.94. The lowest BCUT2D eigenvalue weighted by Gasteiger charge is -2.36. The fourth-order valence-corrected chi connectivity index (χ4v) is 3.39. The van der Waals surface area contributed by atoms with Crippen LogP contribution < -0.4 is 9.47 Å². The second-order valence-electron chi connectivity index (χ2n) is 6.41. The molecule has 1 aliphatic rings. The Morgan fingerprint density at radius 1 is 1.07 bits per heavy atom. The molecule has 2 aromatic carbocycles. The van der Waals surface area contributed by atoms with Crippen molar-refractivity contribution in [1.29, 1.82) is 0 Å². The Hall–Kier alpha value is -2.70. The number of rotatable bonds is 3. The molecular formula is C20H20F3NO3. The van der Waals surface area contributed by atoms with E-state index < -0.39 is 11.7 Å². The number of carbonyl (C=O) groups excluding carboxylic acids is 1. The van der Waals surface area contributed by atoms with E-state index in [2.05, 4.69) is 0 Å². The first kappa shape index (κ1) is 19.1. The molecule has 0 aromatic heterocycles. The topological polar surface area (TPSA) is 38.8 Å². The number of methoxy groups -OCH3 is 2. The van der Waals surface area contributed by atoms with Gasteiger partial charge in [-0.05, 0) is 60.9 Å². The van der Waals surface area contributed by atoms with E-state index in [-0.39, 0.29) is 17.5 Å². The summed E-state index contributed by atoms with van der Waals surface area (Å²) in [4.78, 5) is 14.5. The number of hydrogen-bond donors (Lipinski definition) is 0. The fourth-order valence-electron chi connectivity index (χ4n) is 3.39. The van der Waals surface area contributed by atoms with Crippen LogP contribution in [0.5, 0.6) is 11.5 Å². The number of benzene rings is 2. The van der Waals surface area contributed by atoms with Crippen LogP contribution in [-0.4, -0.2) is 31.6 Å². The molecule has 0 saturated heterocycles. The normalized spacial score (nSPS) is 16.7. The molecule has 0 fully saturated rings. The SMILES string of the molecule is COc1cc2c(cc1OC)[C@H](C)N(C(=O)c1ccc(C(F)(F)F)cc1)CC2. The largest absolute Gasteiger partial charge is 0.493 e. The number of nitrogens with zero attached hydrogens (tertiary/aromatic N) is 1. The Balaban J connectivity index is 1.88. The van der Waals surface area contributed by atoms with E-state index >= 15 is 0 Å². The Kier molecular flexibility index (Phi) is 5.04. The summed E-state index contributed by atoms with van der Waals surface area (Å²) >= 11 is 0. The van der Waals surface area contributed by atoms with E-state index in [0.717, 1.165) is 23.3 Å². The summed E-state index contributed by atoms with van der Waals surface area (Å²) in [5, 5.41) is 0. The summed E-state index contributed by atoms with van der Waals surface area (Å²) in [6.07, 6.45) is -3.79. The number of alkyl halides is 3. The van der Waals surface area contributed by atoms with Gasteiger partial charge in [0.05, 0.1) is 25.8 Å². The summed E-state index contributed by atoms with van der Waals surface area (Å²) in [6.45, 7) is 2.37. The zero-order valence-corrected chi connectivity index (χ0v) is 15.3. The summed E-state index contributed by atoms with van der Waals surface area (Å²) in [6, 6.07) is 7.84. The van der Waals surface area contributed by atoms with Crippen molar-refractivity contribution < 1.29 is 27.4 Å². The van der Waals surface area contributed by atoms with Gasteiger partial charge in [-0.2, -0.15) is 13.2 Å². The molecule has 0 spiro atoms. The number of carbonyl (C=O) groups is 1. The molecule has 144 valence electrons. The molecule has 1 atom stereocenters. The van der Waals surface area contributed by atoms with Gasteiger partial charge in [-0.1, -0.05) is 0 Å². The molecule has 0 N–H and O–H groups in total. The predicted octanol–water partition coefficient (Wildman–Crippen LogP) is 4.48. The average Bonchev–Trinajstić information content (AvgIpc) is 2.66. The smallest absolute Gasteiger partial charge is 0.416 e. The molecule has 0 saturated carbocycles. The first-order valence-electron chi connectivity index (χ1n) is 8.49. The van der Waals surface area contributed by atoms with Crippen molar-refractivity contribution in [1.82, 2.24) is 4.90 Å². The maximum Gasteiger partial charge on any atom is 0.416 e. The Labute approximate surface area is 155 Å². The first-order chi connectivity index (χ1) is 12.8. The van der Waals surface area contributed by atoms with Crippen molar-refractivity contribution >= 4 is 5.91 Å². The number of amides is 1. The zero-order chi connectivity index (χ0) is 19.8. The molecule has 1 aliphatic heterocycles. The molecule has 7 heteroatoms. The van der Waals surface area contributed by atoms with E-state index in [0.29, 0.717) is 24.5 Å². The van der Waals surface area contributed by atoms with Crippen molar-refractivity contribution in [3.63, 3.8) is 0 Å². The van der Waals surface area contributed by atoms with Gasteiger partial charge in [0.2, 0.25) is 0 Å². The van der Waals surface area contributed by atoms with Crippen LogP contribution >= 0.6 is 0 Å². The highest BCUT2D eigenvalue weighted by Gasteiger charge is 2.32. The molecule has 1 heterocycles. The van der Waals surface area contributed by atoms with Crippen LogP contribution in [0.2, 0.25) is 0 Å². The third-order valence-electron chi connectivity index (χ3n) is 4.91. The van der Waals surface area contributed by atoms with E-state index in [4.69, 9.17) is 9.47 Å². The highest BCUT2D eigenvalue weighted by Crippen LogP contribution is 2.38. The van der Waals surface area contributed by atoms with Gasteiger partial charge in [0.25, 0.3) is 5.91 Å².